The minimum atomic E-state index is -0.213. The average molecular weight is 411 g/mol. The average Bonchev–Trinajstić information content (AvgIpc) is 3.43. The van der Waals surface area contributed by atoms with Gasteiger partial charge in [0.1, 0.15) is 4.88 Å². The summed E-state index contributed by atoms with van der Waals surface area (Å²) in [4.78, 5) is 17.6. The van der Waals surface area contributed by atoms with Crippen LogP contribution in [0.1, 0.15) is 20.8 Å². The Hall–Kier alpha value is -3.24. The highest BCUT2D eigenvalue weighted by Crippen LogP contribution is 2.28. The summed E-state index contributed by atoms with van der Waals surface area (Å²) in [6, 6.07) is 3.88. The number of aromatic nitrogens is 5. The molecule has 4 aromatic rings. The minimum absolute atomic E-state index is 0.213. The van der Waals surface area contributed by atoms with E-state index in [9.17, 15) is 4.79 Å². The van der Waals surface area contributed by atoms with Crippen LogP contribution in [0.4, 0.5) is 16.6 Å². The number of aryl methyl sites for hydroxylation is 2. The molecular formula is C19H21N7O2S. The summed E-state index contributed by atoms with van der Waals surface area (Å²) in [5, 5.41) is 19.1. The molecule has 3 heterocycles. The van der Waals surface area contributed by atoms with E-state index in [2.05, 4.69) is 30.9 Å². The molecule has 0 unspecified atom stereocenters. The second kappa shape index (κ2) is 8.02. The Bertz CT molecular complexity index is 1160. The van der Waals surface area contributed by atoms with Crippen LogP contribution in [0.15, 0.2) is 30.7 Å². The topological polar surface area (TPSA) is 110 Å². The molecule has 29 heavy (non-hydrogen) atoms. The SMILES string of the molecule is COCCn1cc(C)c(Nc2ncc(C(=O)Nc3c(C)ccc4[nH]ncc34)s2)n1. The number of nitrogens with zero attached hydrogens (tertiary/aromatic N) is 4. The van der Waals surface area contributed by atoms with Crippen molar-refractivity contribution >= 4 is 44.8 Å². The van der Waals surface area contributed by atoms with Gasteiger partial charge >= 0.3 is 0 Å². The molecule has 0 aliphatic heterocycles. The van der Waals surface area contributed by atoms with Crippen LogP contribution in [0.3, 0.4) is 0 Å². The molecular weight excluding hydrogens is 390 g/mol. The summed E-state index contributed by atoms with van der Waals surface area (Å²) in [6.45, 7) is 5.17. The summed E-state index contributed by atoms with van der Waals surface area (Å²) in [5.41, 5.74) is 3.57. The lowest BCUT2D eigenvalue weighted by Gasteiger charge is -2.08. The number of aromatic amines is 1. The van der Waals surface area contributed by atoms with Gasteiger partial charge in [0.15, 0.2) is 10.9 Å². The molecule has 0 spiro atoms. The van der Waals surface area contributed by atoms with Crippen LogP contribution in [-0.2, 0) is 11.3 Å². The monoisotopic (exact) mass is 411 g/mol. The number of anilines is 3. The number of thiazole rings is 1. The fourth-order valence-corrected chi connectivity index (χ4v) is 3.66. The van der Waals surface area contributed by atoms with E-state index in [-0.39, 0.29) is 5.91 Å². The number of rotatable bonds is 7. The van der Waals surface area contributed by atoms with Gasteiger partial charge in [0.2, 0.25) is 0 Å². The number of amides is 1. The van der Waals surface area contributed by atoms with Crippen LogP contribution < -0.4 is 10.6 Å². The molecule has 0 aliphatic rings. The van der Waals surface area contributed by atoms with E-state index in [0.29, 0.717) is 29.0 Å². The van der Waals surface area contributed by atoms with Gasteiger partial charge < -0.3 is 15.4 Å². The number of hydrogen-bond acceptors (Lipinski definition) is 7. The third-order valence-corrected chi connectivity index (χ3v) is 5.41. The van der Waals surface area contributed by atoms with Gasteiger partial charge in [-0.3, -0.25) is 14.6 Å². The lowest BCUT2D eigenvalue weighted by Crippen LogP contribution is -2.11. The summed E-state index contributed by atoms with van der Waals surface area (Å²) < 4.78 is 6.90. The zero-order valence-corrected chi connectivity index (χ0v) is 17.1. The van der Waals surface area contributed by atoms with E-state index in [0.717, 1.165) is 27.7 Å². The van der Waals surface area contributed by atoms with E-state index >= 15 is 0 Å². The largest absolute Gasteiger partial charge is 0.383 e. The lowest BCUT2D eigenvalue weighted by atomic mass is 10.1. The normalized spacial score (nSPS) is 11.1. The molecule has 3 aromatic heterocycles. The molecule has 0 saturated carbocycles. The maximum atomic E-state index is 12.8. The van der Waals surface area contributed by atoms with E-state index in [1.807, 2.05) is 36.9 Å². The second-order valence-corrected chi connectivity index (χ2v) is 7.64. The van der Waals surface area contributed by atoms with Gasteiger partial charge in [-0.05, 0) is 25.5 Å². The van der Waals surface area contributed by atoms with Crippen molar-refractivity contribution in [2.75, 3.05) is 24.4 Å². The molecule has 1 aromatic carbocycles. The number of carbonyl (C=O) groups is 1. The first-order valence-corrected chi connectivity index (χ1v) is 9.86. The van der Waals surface area contributed by atoms with Gasteiger partial charge in [0.05, 0.1) is 36.7 Å². The number of carbonyl (C=O) groups excluding carboxylic acids is 1. The molecule has 0 atom stereocenters. The highest BCUT2D eigenvalue weighted by atomic mass is 32.1. The van der Waals surface area contributed by atoms with Crippen LogP contribution in [0.5, 0.6) is 0 Å². The third kappa shape index (κ3) is 3.98. The highest BCUT2D eigenvalue weighted by Gasteiger charge is 2.15. The van der Waals surface area contributed by atoms with Crippen LogP contribution in [0, 0.1) is 13.8 Å². The van der Waals surface area contributed by atoms with Gasteiger partial charge in [-0.1, -0.05) is 17.4 Å². The number of hydrogen-bond donors (Lipinski definition) is 3. The Kier molecular flexibility index (Phi) is 5.28. The van der Waals surface area contributed by atoms with Crippen LogP contribution >= 0.6 is 11.3 Å². The molecule has 0 fully saturated rings. The maximum Gasteiger partial charge on any atom is 0.267 e. The van der Waals surface area contributed by atoms with Crippen molar-refractivity contribution in [1.29, 1.82) is 0 Å². The fraction of sp³-hybridized carbons (Fsp3) is 0.263. The second-order valence-electron chi connectivity index (χ2n) is 6.61. The molecule has 10 heteroatoms. The van der Waals surface area contributed by atoms with Gasteiger partial charge in [-0.15, -0.1) is 0 Å². The maximum absolute atomic E-state index is 12.8. The van der Waals surface area contributed by atoms with Crippen LogP contribution in [0.25, 0.3) is 10.9 Å². The minimum Gasteiger partial charge on any atom is -0.383 e. The first-order chi connectivity index (χ1) is 14.0. The number of fused-ring (bicyclic) bond motifs is 1. The van der Waals surface area contributed by atoms with Gasteiger partial charge in [0, 0.05) is 24.3 Å². The van der Waals surface area contributed by atoms with Crippen molar-refractivity contribution in [2.24, 2.45) is 0 Å². The van der Waals surface area contributed by atoms with Crippen molar-refractivity contribution in [1.82, 2.24) is 25.0 Å². The summed E-state index contributed by atoms with van der Waals surface area (Å²) >= 11 is 1.27. The molecule has 0 bridgehead atoms. The quantitative estimate of drug-likeness (QED) is 0.430. The van der Waals surface area contributed by atoms with Crippen molar-refractivity contribution in [3.8, 4) is 0 Å². The van der Waals surface area contributed by atoms with Gasteiger partial charge in [0.25, 0.3) is 5.91 Å². The molecule has 9 nitrogen and oxygen atoms in total. The van der Waals surface area contributed by atoms with E-state index in [4.69, 9.17) is 4.74 Å². The first-order valence-electron chi connectivity index (χ1n) is 9.05. The Balaban J connectivity index is 1.49. The van der Waals surface area contributed by atoms with Gasteiger partial charge in [-0.25, -0.2) is 4.98 Å². The summed E-state index contributed by atoms with van der Waals surface area (Å²) in [7, 11) is 1.66. The summed E-state index contributed by atoms with van der Waals surface area (Å²) in [5.74, 6) is 0.496. The van der Waals surface area contributed by atoms with Crippen molar-refractivity contribution < 1.29 is 9.53 Å². The molecule has 150 valence electrons. The zero-order chi connectivity index (χ0) is 20.4. The molecule has 1 amide bonds. The van der Waals surface area contributed by atoms with Crippen LogP contribution in [0.2, 0.25) is 0 Å². The summed E-state index contributed by atoms with van der Waals surface area (Å²) in [6.07, 6.45) is 5.21. The Labute approximate surface area is 171 Å². The van der Waals surface area contributed by atoms with E-state index in [1.54, 1.807) is 19.5 Å². The van der Waals surface area contributed by atoms with Crippen molar-refractivity contribution in [3.63, 3.8) is 0 Å². The molecule has 3 N–H and O–H groups in total. The Morgan fingerprint density at radius 2 is 2.14 bits per heavy atom. The molecule has 0 saturated heterocycles. The fourth-order valence-electron chi connectivity index (χ4n) is 2.95. The number of methoxy groups -OCH3 is 1. The lowest BCUT2D eigenvalue weighted by molar-refractivity contribution is 0.103. The van der Waals surface area contributed by atoms with Crippen molar-refractivity contribution in [3.05, 3.63) is 46.7 Å². The van der Waals surface area contributed by atoms with Gasteiger partial charge in [-0.2, -0.15) is 10.2 Å². The zero-order valence-electron chi connectivity index (χ0n) is 16.3. The number of H-pyrrole nitrogens is 1. The first kappa shape index (κ1) is 19.1. The van der Waals surface area contributed by atoms with Crippen molar-refractivity contribution in [2.45, 2.75) is 20.4 Å². The standard InChI is InChI=1S/C19H21N7O2S/c1-11-4-5-14-13(8-21-24-14)16(11)22-18(27)15-9-20-19(29-15)23-17-12(2)10-26(25-17)6-7-28-3/h4-5,8-10H,6-7H2,1-3H3,(H,21,24)(H,22,27)(H,20,23,25). The molecule has 0 aliphatic carbocycles. The number of ether oxygens (including phenoxy) is 1. The predicted molar refractivity (Wildman–Crippen MR) is 113 cm³/mol. The smallest absolute Gasteiger partial charge is 0.267 e. The Morgan fingerprint density at radius 3 is 2.97 bits per heavy atom. The highest BCUT2D eigenvalue weighted by molar-refractivity contribution is 7.17. The number of nitrogens with one attached hydrogen (secondary N) is 3. The third-order valence-electron chi connectivity index (χ3n) is 4.49. The molecule has 4 rings (SSSR count). The van der Waals surface area contributed by atoms with E-state index < -0.39 is 0 Å². The van der Waals surface area contributed by atoms with E-state index in [1.165, 1.54) is 11.3 Å². The molecule has 0 radical (unpaired) electrons. The van der Waals surface area contributed by atoms with Crippen LogP contribution in [-0.4, -0.2) is 44.6 Å². The predicted octanol–water partition coefficient (Wildman–Crippen LogP) is 3.48. The Morgan fingerprint density at radius 1 is 1.28 bits per heavy atom. The number of benzene rings is 1.